The first kappa shape index (κ1) is 18.9. The van der Waals surface area contributed by atoms with E-state index in [-0.39, 0.29) is 11.9 Å². The fraction of sp³-hybridized carbons (Fsp3) is 0.500. The molecule has 4 heteroatoms. The van der Waals surface area contributed by atoms with Crippen LogP contribution in [-0.2, 0) is 11.3 Å². The summed E-state index contributed by atoms with van der Waals surface area (Å²) in [5, 5.41) is 5.76. The van der Waals surface area contributed by atoms with E-state index in [1.165, 1.54) is 16.3 Å². The number of rotatable bonds is 7. The summed E-state index contributed by atoms with van der Waals surface area (Å²) in [7, 11) is 0. The lowest BCUT2D eigenvalue weighted by Gasteiger charge is -2.34. The van der Waals surface area contributed by atoms with Crippen LogP contribution in [0.5, 0.6) is 0 Å². The van der Waals surface area contributed by atoms with E-state index < -0.39 is 0 Å². The van der Waals surface area contributed by atoms with Crippen molar-refractivity contribution in [3.05, 3.63) is 48.0 Å². The summed E-state index contributed by atoms with van der Waals surface area (Å²) in [6.45, 7) is 9.69. The normalized spacial score (nSPS) is 17.3. The maximum absolute atomic E-state index is 12.1. The van der Waals surface area contributed by atoms with Gasteiger partial charge >= 0.3 is 0 Å². The van der Waals surface area contributed by atoms with Crippen molar-refractivity contribution in [3.8, 4) is 0 Å². The van der Waals surface area contributed by atoms with Crippen LogP contribution in [0, 0.1) is 0 Å². The Bertz CT molecular complexity index is 717. The molecule has 0 radical (unpaired) electrons. The van der Waals surface area contributed by atoms with Gasteiger partial charge in [-0.3, -0.25) is 14.6 Å². The summed E-state index contributed by atoms with van der Waals surface area (Å²) in [5.74, 6) is 0.161. The number of fused-ring (bicyclic) bond motifs is 1. The molecule has 0 aromatic heterocycles. The molecule has 0 saturated carbocycles. The lowest BCUT2D eigenvalue weighted by molar-refractivity contribution is -0.123. The lowest BCUT2D eigenvalue weighted by atomic mass is 10.0. The third-order valence-corrected chi connectivity index (χ3v) is 5.24. The van der Waals surface area contributed by atoms with Gasteiger partial charge in [-0.25, -0.2) is 0 Å². The molecule has 1 aliphatic rings. The van der Waals surface area contributed by atoms with Crippen molar-refractivity contribution in [2.75, 3.05) is 32.7 Å². The first-order valence-corrected chi connectivity index (χ1v) is 9.86. The molecule has 0 bridgehead atoms. The Morgan fingerprint density at radius 2 is 1.73 bits per heavy atom. The highest BCUT2D eigenvalue weighted by Gasteiger charge is 2.20. The van der Waals surface area contributed by atoms with E-state index in [4.69, 9.17) is 0 Å². The number of benzene rings is 2. The Morgan fingerprint density at radius 3 is 2.50 bits per heavy atom. The molecule has 1 amide bonds. The number of piperazine rings is 1. The van der Waals surface area contributed by atoms with Crippen molar-refractivity contribution in [2.45, 2.75) is 39.3 Å². The zero-order chi connectivity index (χ0) is 18.4. The fourth-order valence-electron chi connectivity index (χ4n) is 3.81. The number of carbonyl (C=O) groups is 1. The van der Waals surface area contributed by atoms with Crippen LogP contribution in [0.2, 0.25) is 0 Å². The predicted molar refractivity (Wildman–Crippen MR) is 108 cm³/mol. The average molecular weight is 354 g/mol. The average Bonchev–Trinajstić information content (AvgIpc) is 2.64. The highest BCUT2D eigenvalue weighted by Crippen LogP contribution is 2.20. The fourth-order valence-corrected chi connectivity index (χ4v) is 3.81. The molecule has 1 atom stereocenters. The van der Waals surface area contributed by atoms with Crippen molar-refractivity contribution in [2.24, 2.45) is 0 Å². The molecule has 1 heterocycles. The zero-order valence-corrected chi connectivity index (χ0v) is 16.1. The van der Waals surface area contributed by atoms with Crippen LogP contribution >= 0.6 is 0 Å². The molecule has 26 heavy (non-hydrogen) atoms. The standard InChI is InChI=1S/C22H31N3O/c1-3-7-18(2)23-22(26)17-25-14-12-24(13-15-25)16-20-10-6-9-19-8-4-5-11-21(19)20/h4-6,8-11,18H,3,7,12-17H2,1-2H3,(H,23,26)/t18-/m0/s1. The van der Waals surface area contributed by atoms with E-state index in [1.807, 2.05) is 0 Å². The number of nitrogens with one attached hydrogen (secondary N) is 1. The molecule has 1 fully saturated rings. The number of carbonyl (C=O) groups excluding carboxylic acids is 1. The van der Waals surface area contributed by atoms with Gasteiger partial charge in [0, 0.05) is 38.8 Å². The Balaban J connectivity index is 1.49. The third-order valence-electron chi connectivity index (χ3n) is 5.24. The molecule has 4 nitrogen and oxygen atoms in total. The number of nitrogens with zero attached hydrogens (tertiary/aromatic N) is 2. The van der Waals surface area contributed by atoms with Crippen molar-refractivity contribution in [1.29, 1.82) is 0 Å². The van der Waals surface area contributed by atoms with Gasteiger partial charge in [0.1, 0.15) is 0 Å². The van der Waals surface area contributed by atoms with E-state index in [2.05, 4.69) is 71.4 Å². The first-order valence-electron chi connectivity index (χ1n) is 9.86. The summed E-state index contributed by atoms with van der Waals surface area (Å²) < 4.78 is 0. The van der Waals surface area contributed by atoms with Gasteiger partial charge in [-0.1, -0.05) is 55.8 Å². The van der Waals surface area contributed by atoms with Crippen LogP contribution in [0.1, 0.15) is 32.3 Å². The Kier molecular flexibility index (Phi) is 6.64. The monoisotopic (exact) mass is 353 g/mol. The molecule has 1 saturated heterocycles. The van der Waals surface area contributed by atoms with Crippen LogP contribution in [0.25, 0.3) is 10.8 Å². The van der Waals surface area contributed by atoms with Crippen molar-refractivity contribution < 1.29 is 4.79 Å². The predicted octanol–water partition coefficient (Wildman–Crippen LogP) is 3.26. The second-order valence-electron chi connectivity index (χ2n) is 7.45. The summed E-state index contributed by atoms with van der Waals surface area (Å²) in [5.41, 5.74) is 1.39. The second-order valence-corrected chi connectivity index (χ2v) is 7.45. The van der Waals surface area contributed by atoms with Crippen LogP contribution in [0.3, 0.4) is 0 Å². The number of hydrogen-bond acceptors (Lipinski definition) is 3. The molecule has 0 unspecified atom stereocenters. The van der Waals surface area contributed by atoms with Crippen molar-refractivity contribution in [1.82, 2.24) is 15.1 Å². The Morgan fingerprint density at radius 1 is 1.04 bits per heavy atom. The molecule has 0 aliphatic carbocycles. The molecule has 1 N–H and O–H groups in total. The van der Waals surface area contributed by atoms with Gasteiger partial charge in [-0.15, -0.1) is 0 Å². The zero-order valence-electron chi connectivity index (χ0n) is 16.1. The van der Waals surface area contributed by atoms with Crippen LogP contribution in [0.4, 0.5) is 0 Å². The quantitative estimate of drug-likeness (QED) is 0.830. The van der Waals surface area contributed by atoms with Gasteiger partial charge in [-0.2, -0.15) is 0 Å². The van der Waals surface area contributed by atoms with Gasteiger partial charge < -0.3 is 5.32 Å². The molecule has 0 spiro atoms. The topological polar surface area (TPSA) is 35.6 Å². The molecule has 2 aromatic carbocycles. The molecule has 140 valence electrons. The second kappa shape index (κ2) is 9.15. The van der Waals surface area contributed by atoms with E-state index >= 15 is 0 Å². The van der Waals surface area contributed by atoms with Crippen molar-refractivity contribution >= 4 is 16.7 Å². The summed E-state index contributed by atoms with van der Waals surface area (Å²) in [6.07, 6.45) is 2.15. The summed E-state index contributed by atoms with van der Waals surface area (Å²) >= 11 is 0. The van der Waals surface area contributed by atoms with E-state index in [1.54, 1.807) is 0 Å². The van der Waals surface area contributed by atoms with Gasteiger partial charge in [0.25, 0.3) is 0 Å². The molecule has 3 rings (SSSR count). The third kappa shape index (κ3) is 5.05. The first-order chi connectivity index (χ1) is 12.7. The van der Waals surface area contributed by atoms with Crippen LogP contribution in [0.15, 0.2) is 42.5 Å². The molecular weight excluding hydrogens is 322 g/mol. The number of hydrogen-bond donors (Lipinski definition) is 1. The van der Waals surface area contributed by atoms with E-state index in [9.17, 15) is 4.79 Å². The van der Waals surface area contributed by atoms with Crippen molar-refractivity contribution in [3.63, 3.8) is 0 Å². The van der Waals surface area contributed by atoms with Gasteiger partial charge in [0.05, 0.1) is 6.54 Å². The highest BCUT2D eigenvalue weighted by molar-refractivity contribution is 5.85. The molecule has 1 aliphatic heterocycles. The lowest BCUT2D eigenvalue weighted by Crippen LogP contribution is -2.49. The van der Waals surface area contributed by atoms with E-state index in [0.29, 0.717) is 6.54 Å². The van der Waals surface area contributed by atoms with Crippen LogP contribution in [-0.4, -0.2) is 54.5 Å². The Hall–Kier alpha value is -1.91. The minimum atomic E-state index is 0.161. The van der Waals surface area contributed by atoms with Gasteiger partial charge in [0.2, 0.25) is 5.91 Å². The molecular formula is C22H31N3O. The maximum atomic E-state index is 12.1. The largest absolute Gasteiger partial charge is 0.353 e. The summed E-state index contributed by atoms with van der Waals surface area (Å²) in [4.78, 5) is 16.9. The minimum Gasteiger partial charge on any atom is -0.353 e. The smallest absolute Gasteiger partial charge is 0.234 e. The van der Waals surface area contributed by atoms with Gasteiger partial charge in [0.15, 0.2) is 0 Å². The Labute approximate surface area is 157 Å². The maximum Gasteiger partial charge on any atom is 0.234 e. The summed E-state index contributed by atoms with van der Waals surface area (Å²) in [6, 6.07) is 15.4. The highest BCUT2D eigenvalue weighted by atomic mass is 16.2. The van der Waals surface area contributed by atoms with Crippen LogP contribution < -0.4 is 5.32 Å². The van der Waals surface area contributed by atoms with E-state index in [0.717, 1.165) is 45.6 Å². The SMILES string of the molecule is CCC[C@H](C)NC(=O)CN1CCN(Cc2cccc3ccccc23)CC1. The molecule has 2 aromatic rings. The van der Waals surface area contributed by atoms with Gasteiger partial charge in [-0.05, 0) is 29.7 Å². The number of amides is 1. The minimum absolute atomic E-state index is 0.161.